The van der Waals surface area contributed by atoms with E-state index in [0.29, 0.717) is 6.61 Å². The third kappa shape index (κ3) is 4.23. The third-order valence-electron chi connectivity index (χ3n) is 1.96. The first-order chi connectivity index (χ1) is 8.06. The summed E-state index contributed by atoms with van der Waals surface area (Å²) in [6, 6.07) is 2.00. The van der Waals surface area contributed by atoms with E-state index in [1.807, 2.05) is 0 Å². The molecule has 1 rings (SSSR count). The van der Waals surface area contributed by atoms with Crippen molar-refractivity contribution in [2.24, 2.45) is 0 Å². The molecule has 0 bridgehead atoms. The van der Waals surface area contributed by atoms with Crippen molar-refractivity contribution in [1.82, 2.24) is 0 Å². The highest BCUT2D eigenvalue weighted by atomic mass is 79.9. The number of nitro groups is 1. The number of hydrogen-bond donors (Lipinski definition) is 0. The number of rotatable bonds is 6. The van der Waals surface area contributed by atoms with Crippen molar-refractivity contribution in [3.05, 3.63) is 32.5 Å². The molecule has 7 heteroatoms. The smallest absolute Gasteiger partial charge is 0.315 e. The zero-order valence-electron chi connectivity index (χ0n) is 8.79. The number of benzene rings is 1. The van der Waals surface area contributed by atoms with Gasteiger partial charge < -0.3 is 4.74 Å². The van der Waals surface area contributed by atoms with Crippen LogP contribution in [0.2, 0.25) is 0 Å². The molecule has 17 heavy (non-hydrogen) atoms. The zero-order valence-corrected chi connectivity index (χ0v) is 12.0. The third-order valence-corrected chi connectivity index (χ3v) is 3.11. The minimum atomic E-state index is -0.670. The Bertz CT molecular complexity index is 415. The molecule has 0 saturated heterocycles. The molecular weight excluding hydrogens is 361 g/mol. The molecule has 0 heterocycles. The molecule has 0 radical (unpaired) electrons. The summed E-state index contributed by atoms with van der Waals surface area (Å²) in [5, 5.41) is 11.6. The summed E-state index contributed by atoms with van der Waals surface area (Å²) in [4.78, 5) is 10.1. The lowest BCUT2D eigenvalue weighted by Gasteiger charge is -2.08. The maximum absolute atomic E-state index is 13.0. The molecule has 0 atom stereocenters. The minimum absolute atomic E-state index is 0.0750. The summed E-state index contributed by atoms with van der Waals surface area (Å²) in [7, 11) is 0. The number of halogens is 3. The normalized spacial score (nSPS) is 10.3. The summed E-state index contributed by atoms with van der Waals surface area (Å²) in [5.41, 5.74) is -0.365. The topological polar surface area (TPSA) is 52.4 Å². The van der Waals surface area contributed by atoms with Crippen molar-refractivity contribution in [2.75, 3.05) is 11.9 Å². The second kappa shape index (κ2) is 6.90. The van der Waals surface area contributed by atoms with Crippen LogP contribution in [0, 0.1) is 15.9 Å². The lowest BCUT2D eigenvalue weighted by atomic mass is 10.3. The average Bonchev–Trinajstić information content (AvgIpc) is 2.25. The molecule has 0 aromatic heterocycles. The predicted octanol–water partition coefficient (Wildman–Crippen LogP) is 4.05. The Hall–Kier alpha value is -0.690. The van der Waals surface area contributed by atoms with E-state index in [1.165, 1.54) is 0 Å². The standard InChI is InChI=1S/C10H10Br2FNO3/c11-3-1-2-4-17-10-8(12)5-7(13)6-9(10)14(15)16/h5-6H,1-4H2. The van der Waals surface area contributed by atoms with Crippen molar-refractivity contribution in [3.8, 4) is 5.75 Å². The van der Waals surface area contributed by atoms with Gasteiger partial charge in [0.15, 0.2) is 0 Å². The molecule has 1 aromatic rings. The number of nitro benzene ring substituents is 1. The average molecular weight is 371 g/mol. The van der Waals surface area contributed by atoms with Crippen LogP contribution in [0.1, 0.15) is 12.8 Å². The summed E-state index contributed by atoms with van der Waals surface area (Å²) in [5.74, 6) is -0.595. The van der Waals surface area contributed by atoms with E-state index in [0.717, 1.165) is 30.3 Å². The zero-order chi connectivity index (χ0) is 12.8. The minimum Gasteiger partial charge on any atom is -0.486 e. The highest BCUT2D eigenvalue weighted by molar-refractivity contribution is 9.10. The highest BCUT2D eigenvalue weighted by Crippen LogP contribution is 2.36. The number of unbranched alkanes of at least 4 members (excludes halogenated alkanes) is 1. The molecule has 0 amide bonds. The largest absolute Gasteiger partial charge is 0.486 e. The Labute approximate surface area is 115 Å². The molecule has 0 aliphatic carbocycles. The van der Waals surface area contributed by atoms with Gasteiger partial charge in [0.1, 0.15) is 5.82 Å². The molecule has 0 spiro atoms. The van der Waals surface area contributed by atoms with Crippen LogP contribution in [0.25, 0.3) is 0 Å². The summed E-state index contributed by atoms with van der Waals surface area (Å²) in [6.07, 6.45) is 1.68. The highest BCUT2D eigenvalue weighted by Gasteiger charge is 2.20. The van der Waals surface area contributed by atoms with E-state index in [4.69, 9.17) is 4.74 Å². The second-order valence-corrected chi connectivity index (χ2v) is 4.88. The van der Waals surface area contributed by atoms with E-state index in [2.05, 4.69) is 31.9 Å². The van der Waals surface area contributed by atoms with Crippen LogP contribution in [-0.2, 0) is 0 Å². The number of hydrogen-bond acceptors (Lipinski definition) is 3. The fraction of sp³-hybridized carbons (Fsp3) is 0.400. The Morgan fingerprint density at radius 1 is 1.41 bits per heavy atom. The van der Waals surface area contributed by atoms with Crippen LogP contribution in [-0.4, -0.2) is 16.9 Å². The molecule has 4 nitrogen and oxygen atoms in total. The first-order valence-corrected chi connectivity index (χ1v) is 6.80. The fourth-order valence-corrected chi connectivity index (χ4v) is 2.13. The van der Waals surface area contributed by atoms with Crippen molar-refractivity contribution in [2.45, 2.75) is 12.8 Å². The van der Waals surface area contributed by atoms with E-state index < -0.39 is 10.7 Å². The van der Waals surface area contributed by atoms with Gasteiger partial charge in [0.05, 0.1) is 22.1 Å². The number of ether oxygens (including phenoxy) is 1. The van der Waals surface area contributed by atoms with E-state index >= 15 is 0 Å². The van der Waals surface area contributed by atoms with E-state index in [-0.39, 0.29) is 15.9 Å². The monoisotopic (exact) mass is 369 g/mol. The van der Waals surface area contributed by atoms with Gasteiger partial charge in [-0.2, -0.15) is 0 Å². The van der Waals surface area contributed by atoms with Crippen LogP contribution >= 0.6 is 31.9 Å². The summed E-state index contributed by atoms with van der Waals surface area (Å²) >= 11 is 6.33. The Balaban J connectivity index is 2.85. The van der Waals surface area contributed by atoms with Crippen LogP contribution in [0.4, 0.5) is 10.1 Å². The molecule has 0 aliphatic heterocycles. The number of alkyl halides is 1. The Morgan fingerprint density at radius 2 is 2.12 bits per heavy atom. The predicted molar refractivity (Wildman–Crippen MR) is 69.3 cm³/mol. The lowest BCUT2D eigenvalue weighted by Crippen LogP contribution is -2.02. The van der Waals surface area contributed by atoms with Crippen LogP contribution < -0.4 is 4.74 Å². The SMILES string of the molecule is O=[N+]([O-])c1cc(F)cc(Br)c1OCCCCBr. The van der Waals surface area contributed by atoms with E-state index in [1.54, 1.807) is 0 Å². The quantitative estimate of drug-likeness (QED) is 0.328. The van der Waals surface area contributed by atoms with Crippen LogP contribution in [0.5, 0.6) is 5.75 Å². The van der Waals surface area contributed by atoms with Gasteiger partial charge in [0.25, 0.3) is 0 Å². The van der Waals surface area contributed by atoms with E-state index in [9.17, 15) is 14.5 Å². The van der Waals surface area contributed by atoms with Gasteiger partial charge >= 0.3 is 5.69 Å². The van der Waals surface area contributed by atoms with Gasteiger partial charge in [-0.25, -0.2) is 4.39 Å². The second-order valence-electron chi connectivity index (χ2n) is 3.24. The van der Waals surface area contributed by atoms with Gasteiger partial charge in [-0.3, -0.25) is 10.1 Å². The van der Waals surface area contributed by atoms with Crippen molar-refractivity contribution in [3.63, 3.8) is 0 Å². The molecule has 0 unspecified atom stereocenters. The molecular formula is C10H10Br2FNO3. The maximum atomic E-state index is 13.0. The summed E-state index contributed by atoms with van der Waals surface area (Å²) in [6.45, 7) is 0.358. The lowest BCUT2D eigenvalue weighted by molar-refractivity contribution is -0.386. The van der Waals surface area contributed by atoms with Crippen LogP contribution in [0.3, 0.4) is 0 Å². The summed E-state index contributed by atoms with van der Waals surface area (Å²) < 4.78 is 18.6. The van der Waals surface area contributed by atoms with Gasteiger partial charge in [-0.05, 0) is 34.8 Å². The maximum Gasteiger partial charge on any atom is 0.315 e. The fourth-order valence-electron chi connectivity index (χ4n) is 1.20. The Kier molecular flexibility index (Phi) is 5.84. The molecule has 0 saturated carbocycles. The van der Waals surface area contributed by atoms with Crippen molar-refractivity contribution < 1.29 is 14.1 Å². The molecule has 0 N–H and O–H groups in total. The van der Waals surface area contributed by atoms with Gasteiger partial charge in [0.2, 0.25) is 5.75 Å². The van der Waals surface area contributed by atoms with Gasteiger partial charge in [-0.15, -0.1) is 0 Å². The van der Waals surface area contributed by atoms with Gasteiger partial charge in [0, 0.05) is 5.33 Å². The Morgan fingerprint density at radius 3 is 2.71 bits per heavy atom. The van der Waals surface area contributed by atoms with Crippen molar-refractivity contribution >= 4 is 37.5 Å². The first-order valence-electron chi connectivity index (χ1n) is 4.88. The number of nitrogens with zero attached hydrogens (tertiary/aromatic N) is 1. The van der Waals surface area contributed by atoms with Crippen LogP contribution in [0.15, 0.2) is 16.6 Å². The molecule has 0 aliphatic rings. The molecule has 0 fully saturated rings. The van der Waals surface area contributed by atoms with Crippen molar-refractivity contribution in [1.29, 1.82) is 0 Å². The molecule has 1 aromatic carbocycles. The van der Waals surface area contributed by atoms with Gasteiger partial charge in [-0.1, -0.05) is 15.9 Å². The molecule has 94 valence electrons. The first kappa shape index (κ1) is 14.4.